The average Bonchev–Trinajstić information content (AvgIpc) is 2.66. The van der Waals surface area contributed by atoms with Gasteiger partial charge in [0, 0.05) is 0 Å². The van der Waals surface area contributed by atoms with E-state index >= 15 is 0 Å². The predicted octanol–water partition coefficient (Wildman–Crippen LogP) is 3.37. The van der Waals surface area contributed by atoms with E-state index in [-0.39, 0.29) is 51.9 Å². The topological polar surface area (TPSA) is 93.1 Å². The number of carbonyl (C=O) groups is 2. The van der Waals surface area contributed by atoms with Crippen molar-refractivity contribution in [3.05, 3.63) is 59.7 Å². The zero-order chi connectivity index (χ0) is 19.8. The zero-order valence-corrected chi connectivity index (χ0v) is 16.8. The summed E-state index contributed by atoms with van der Waals surface area (Å²) in [6, 6.07) is 9.34. The molecule has 6 nitrogen and oxygen atoms in total. The fourth-order valence-corrected chi connectivity index (χ4v) is 2.26. The summed E-state index contributed by atoms with van der Waals surface area (Å²) in [4.78, 5) is 23.9. The SMILES string of the molecule is COc1cc(/C=C/C(=O)CC(=O)/C=C/c2ccc(O)c(OC)c2)ccc1O.[Ag+]. The number of methoxy groups -OCH3 is 2. The summed E-state index contributed by atoms with van der Waals surface area (Å²) in [6.45, 7) is 0. The minimum absolute atomic E-state index is 0. The monoisotopic (exact) mass is 475 g/mol. The Bertz CT molecular complexity index is 828. The second-order valence-electron chi connectivity index (χ2n) is 5.64. The van der Waals surface area contributed by atoms with E-state index in [1.165, 1.54) is 38.5 Å². The van der Waals surface area contributed by atoms with Crippen LogP contribution in [0.25, 0.3) is 12.2 Å². The van der Waals surface area contributed by atoms with Gasteiger partial charge in [-0.2, -0.15) is 0 Å². The molecule has 0 bridgehead atoms. The summed E-state index contributed by atoms with van der Waals surface area (Å²) in [7, 11) is 2.87. The van der Waals surface area contributed by atoms with Gasteiger partial charge in [0.2, 0.25) is 0 Å². The van der Waals surface area contributed by atoms with E-state index in [0.29, 0.717) is 22.6 Å². The Hall–Kier alpha value is -2.80. The molecule has 0 aliphatic carbocycles. The molecule has 0 saturated carbocycles. The van der Waals surface area contributed by atoms with Crippen LogP contribution in [0.5, 0.6) is 23.0 Å². The van der Waals surface area contributed by atoms with Crippen molar-refractivity contribution in [3.8, 4) is 23.0 Å². The Kier molecular flexibility index (Phi) is 9.24. The van der Waals surface area contributed by atoms with Crippen molar-refractivity contribution in [2.45, 2.75) is 6.42 Å². The fourth-order valence-electron chi connectivity index (χ4n) is 2.26. The number of allylic oxidation sites excluding steroid dienone is 2. The van der Waals surface area contributed by atoms with Crippen LogP contribution >= 0.6 is 0 Å². The van der Waals surface area contributed by atoms with Crippen molar-refractivity contribution in [1.82, 2.24) is 0 Å². The number of rotatable bonds is 8. The molecule has 150 valence electrons. The van der Waals surface area contributed by atoms with Crippen LogP contribution in [0.3, 0.4) is 0 Å². The Morgan fingerprint density at radius 3 is 1.57 bits per heavy atom. The molecule has 0 fully saturated rings. The normalized spacial score (nSPS) is 10.6. The molecule has 2 aromatic carbocycles. The zero-order valence-electron chi connectivity index (χ0n) is 15.3. The quantitative estimate of drug-likeness (QED) is 0.345. The molecule has 0 amide bonds. The molecule has 0 unspecified atom stereocenters. The third-order valence-corrected chi connectivity index (χ3v) is 3.68. The van der Waals surface area contributed by atoms with Crippen LogP contribution in [0.4, 0.5) is 0 Å². The van der Waals surface area contributed by atoms with Gasteiger partial charge in [-0.3, -0.25) is 9.59 Å². The van der Waals surface area contributed by atoms with Gasteiger partial charge >= 0.3 is 22.4 Å². The Labute approximate surface area is 178 Å². The van der Waals surface area contributed by atoms with Crippen molar-refractivity contribution < 1.29 is 51.7 Å². The van der Waals surface area contributed by atoms with Crippen LogP contribution in [-0.2, 0) is 32.0 Å². The maximum Gasteiger partial charge on any atom is 1.00 e. The number of aromatic hydroxyl groups is 2. The van der Waals surface area contributed by atoms with E-state index < -0.39 is 0 Å². The van der Waals surface area contributed by atoms with Gasteiger partial charge in [0.1, 0.15) is 0 Å². The molecule has 7 heteroatoms. The van der Waals surface area contributed by atoms with Crippen LogP contribution in [0.1, 0.15) is 17.5 Å². The molecule has 2 N–H and O–H groups in total. The number of hydrogen-bond acceptors (Lipinski definition) is 6. The van der Waals surface area contributed by atoms with Gasteiger partial charge in [0.25, 0.3) is 0 Å². The van der Waals surface area contributed by atoms with E-state index in [9.17, 15) is 19.8 Å². The molecular weight excluding hydrogens is 456 g/mol. The van der Waals surface area contributed by atoms with Gasteiger partial charge in [-0.25, -0.2) is 0 Å². The predicted molar refractivity (Wildman–Crippen MR) is 102 cm³/mol. The summed E-state index contributed by atoms with van der Waals surface area (Å²) < 4.78 is 10.00. The second-order valence-corrected chi connectivity index (χ2v) is 5.64. The minimum atomic E-state index is -0.347. The minimum Gasteiger partial charge on any atom is -0.504 e. The molecular formula is C21H20AgO6+. The summed E-state index contributed by atoms with van der Waals surface area (Å²) in [5, 5.41) is 19.1. The van der Waals surface area contributed by atoms with Crippen LogP contribution in [0.2, 0.25) is 0 Å². The molecule has 0 spiro atoms. The van der Waals surface area contributed by atoms with Gasteiger partial charge in [-0.1, -0.05) is 24.3 Å². The number of carbonyl (C=O) groups excluding carboxylic acids is 2. The van der Waals surface area contributed by atoms with Crippen LogP contribution in [0.15, 0.2) is 48.6 Å². The van der Waals surface area contributed by atoms with Crippen molar-refractivity contribution in [2.24, 2.45) is 0 Å². The van der Waals surface area contributed by atoms with E-state index in [4.69, 9.17) is 9.47 Å². The van der Waals surface area contributed by atoms with Gasteiger partial charge < -0.3 is 19.7 Å². The molecule has 28 heavy (non-hydrogen) atoms. The molecule has 0 radical (unpaired) electrons. The standard InChI is InChI=1S/C21H20O6.Ag/c1-26-20-11-14(5-9-18(20)24)3-7-16(22)13-17(23)8-4-15-6-10-19(25)21(12-15)27-2;/h3-12,24-25H,13H2,1-2H3;/q;+1/b7-3+,8-4+;. The molecule has 0 aliphatic heterocycles. The van der Waals surface area contributed by atoms with Crippen LogP contribution < -0.4 is 9.47 Å². The Balaban J connectivity index is 0.00000392. The first kappa shape index (κ1) is 23.2. The summed E-state index contributed by atoms with van der Waals surface area (Å²) >= 11 is 0. The number of hydrogen-bond donors (Lipinski definition) is 2. The first-order valence-electron chi connectivity index (χ1n) is 8.08. The van der Waals surface area contributed by atoms with Crippen molar-refractivity contribution in [1.29, 1.82) is 0 Å². The summed E-state index contributed by atoms with van der Waals surface area (Å²) in [6.07, 6.45) is 5.44. The Morgan fingerprint density at radius 2 is 1.21 bits per heavy atom. The van der Waals surface area contributed by atoms with Gasteiger partial charge in [0.05, 0.1) is 20.6 Å². The first-order valence-corrected chi connectivity index (χ1v) is 8.08. The number of ether oxygens (including phenoxy) is 2. The van der Waals surface area contributed by atoms with Crippen molar-refractivity contribution in [2.75, 3.05) is 14.2 Å². The van der Waals surface area contributed by atoms with Crippen molar-refractivity contribution >= 4 is 23.7 Å². The summed E-state index contributed by atoms with van der Waals surface area (Å²) in [5.74, 6) is -0.0832. The molecule has 0 saturated heterocycles. The molecule has 0 aromatic heterocycles. The molecule has 0 aliphatic rings. The van der Waals surface area contributed by atoms with E-state index in [0.717, 1.165) is 0 Å². The van der Waals surface area contributed by atoms with Gasteiger partial charge in [-0.15, -0.1) is 0 Å². The maximum absolute atomic E-state index is 11.9. The number of phenols is 2. The van der Waals surface area contributed by atoms with E-state index in [1.54, 1.807) is 36.4 Å². The maximum atomic E-state index is 11.9. The largest absolute Gasteiger partial charge is 1.00 e. The number of phenolic OH excluding ortho intramolecular Hbond substituents is 2. The number of benzene rings is 2. The van der Waals surface area contributed by atoms with Crippen LogP contribution in [-0.4, -0.2) is 36.0 Å². The van der Waals surface area contributed by atoms with Crippen molar-refractivity contribution in [3.63, 3.8) is 0 Å². The molecule has 0 heterocycles. The van der Waals surface area contributed by atoms with Gasteiger partial charge in [-0.05, 0) is 47.5 Å². The van der Waals surface area contributed by atoms with Gasteiger partial charge in [0.15, 0.2) is 34.6 Å². The Morgan fingerprint density at radius 1 is 0.821 bits per heavy atom. The average molecular weight is 476 g/mol. The third kappa shape index (κ3) is 6.74. The number of ketones is 2. The summed E-state index contributed by atoms with van der Waals surface area (Å²) in [5.41, 5.74) is 1.33. The molecule has 2 rings (SSSR count). The molecule has 2 aromatic rings. The fraction of sp³-hybridized carbons (Fsp3) is 0.143. The smallest absolute Gasteiger partial charge is 0.504 e. The van der Waals surface area contributed by atoms with Crippen LogP contribution in [0, 0.1) is 0 Å². The first-order chi connectivity index (χ1) is 12.9. The van der Waals surface area contributed by atoms with E-state index in [1.807, 2.05) is 0 Å². The third-order valence-electron chi connectivity index (χ3n) is 3.68. The molecule has 0 atom stereocenters. The van der Waals surface area contributed by atoms with E-state index in [2.05, 4.69) is 0 Å². The second kappa shape index (κ2) is 11.1.